The molecule has 2 aliphatic heterocycles. The normalized spacial score (nSPS) is 21.9. The number of hydrogen-bond donors (Lipinski definition) is 1. The Kier molecular flexibility index (Phi) is 3.71. The lowest BCUT2D eigenvalue weighted by Gasteiger charge is -2.30. The van der Waals surface area contributed by atoms with Crippen LogP contribution in [0.1, 0.15) is 31.4 Å². The molecule has 112 valence electrons. The summed E-state index contributed by atoms with van der Waals surface area (Å²) in [5.41, 5.74) is 2.56. The summed E-state index contributed by atoms with van der Waals surface area (Å²) in [5, 5.41) is 6.89. The fourth-order valence-electron chi connectivity index (χ4n) is 2.84. The smallest absolute Gasteiger partial charge is 0.322 e. The van der Waals surface area contributed by atoms with E-state index in [0.717, 1.165) is 36.2 Å². The molecule has 2 aliphatic rings. The molecule has 0 saturated carbocycles. The van der Waals surface area contributed by atoms with E-state index in [1.807, 2.05) is 21.7 Å². The number of likely N-dealkylation sites (N-methyl/N-ethyl adjacent to an activating group) is 1. The van der Waals surface area contributed by atoms with E-state index in [4.69, 9.17) is 0 Å². The van der Waals surface area contributed by atoms with Gasteiger partial charge in [0.1, 0.15) is 0 Å². The third-order valence-electron chi connectivity index (χ3n) is 4.09. The van der Waals surface area contributed by atoms with Crippen LogP contribution in [0, 0.1) is 0 Å². The number of rotatable bonds is 4. The molecular formula is C15H19N3O2S. The molecule has 5 nitrogen and oxygen atoms in total. The first-order valence-corrected chi connectivity index (χ1v) is 8.16. The SMILES string of the molecule is CCCCN1CC2=C(C1=O)[C@H](c1ccsc1)NC(=O)N2C. The van der Waals surface area contributed by atoms with Gasteiger partial charge in [-0.1, -0.05) is 13.3 Å². The number of unbranched alkanes of at least 4 members (excludes halogenated alkanes) is 1. The molecule has 0 saturated heterocycles. The van der Waals surface area contributed by atoms with E-state index in [2.05, 4.69) is 12.2 Å². The molecule has 0 fully saturated rings. The Bertz CT molecular complexity index is 594. The second kappa shape index (κ2) is 5.52. The van der Waals surface area contributed by atoms with Gasteiger partial charge >= 0.3 is 6.03 Å². The number of amides is 3. The maximum atomic E-state index is 12.7. The highest BCUT2D eigenvalue weighted by molar-refractivity contribution is 7.08. The van der Waals surface area contributed by atoms with Gasteiger partial charge in [-0.05, 0) is 28.8 Å². The van der Waals surface area contributed by atoms with E-state index in [0.29, 0.717) is 6.54 Å². The highest BCUT2D eigenvalue weighted by Crippen LogP contribution is 2.36. The third-order valence-corrected chi connectivity index (χ3v) is 4.79. The molecule has 0 spiro atoms. The van der Waals surface area contributed by atoms with Crippen molar-refractivity contribution < 1.29 is 9.59 Å². The summed E-state index contributed by atoms with van der Waals surface area (Å²) in [6.45, 7) is 3.40. The van der Waals surface area contributed by atoms with Crippen LogP contribution in [-0.4, -0.2) is 41.9 Å². The zero-order chi connectivity index (χ0) is 15.0. The van der Waals surface area contributed by atoms with Gasteiger partial charge in [0, 0.05) is 13.6 Å². The topological polar surface area (TPSA) is 52.7 Å². The maximum Gasteiger partial charge on any atom is 0.322 e. The van der Waals surface area contributed by atoms with Gasteiger partial charge in [-0.2, -0.15) is 11.3 Å². The monoisotopic (exact) mass is 305 g/mol. The minimum atomic E-state index is -0.311. The minimum Gasteiger partial charge on any atom is -0.333 e. The second-order valence-electron chi connectivity index (χ2n) is 5.44. The number of nitrogens with zero attached hydrogens (tertiary/aromatic N) is 2. The fourth-order valence-corrected chi connectivity index (χ4v) is 3.53. The van der Waals surface area contributed by atoms with Gasteiger partial charge in [-0.25, -0.2) is 4.79 Å². The molecule has 0 aliphatic carbocycles. The first kappa shape index (κ1) is 14.1. The zero-order valence-electron chi connectivity index (χ0n) is 12.3. The first-order chi connectivity index (χ1) is 10.1. The molecule has 1 N–H and O–H groups in total. The maximum absolute atomic E-state index is 12.7. The number of nitrogens with one attached hydrogen (secondary N) is 1. The van der Waals surface area contributed by atoms with Crippen molar-refractivity contribution in [3.05, 3.63) is 33.7 Å². The van der Waals surface area contributed by atoms with E-state index in [1.165, 1.54) is 0 Å². The lowest BCUT2D eigenvalue weighted by molar-refractivity contribution is -0.125. The summed E-state index contributed by atoms with van der Waals surface area (Å²) in [4.78, 5) is 28.2. The summed E-state index contributed by atoms with van der Waals surface area (Å²) < 4.78 is 0. The summed E-state index contributed by atoms with van der Waals surface area (Å²) in [5.74, 6) is 0.0569. The van der Waals surface area contributed by atoms with Gasteiger partial charge in [0.25, 0.3) is 5.91 Å². The Hall–Kier alpha value is -1.82. The molecule has 0 aromatic carbocycles. The van der Waals surface area contributed by atoms with E-state index in [9.17, 15) is 9.59 Å². The number of urea groups is 1. The molecule has 0 bridgehead atoms. The van der Waals surface area contributed by atoms with Crippen LogP contribution in [0.2, 0.25) is 0 Å². The number of carbonyl (C=O) groups is 2. The standard InChI is InChI=1S/C15H19N3O2S/c1-3-4-6-18-8-11-12(14(18)19)13(10-5-7-21-9-10)16-15(20)17(11)2/h5,7,9,13H,3-4,6,8H2,1-2H3,(H,16,20)/t13-/m0/s1. The fraction of sp³-hybridized carbons (Fsp3) is 0.467. The van der Waals surface area contributed by atoms with Crippen LogP contribution < -0.4 is 5.32 Å². The highest BCUT2D eigenvalue weighted by atomic mass is 32.1. The van der Waals surface area contributed by atoms with E-state index in [-0.39, 0.29) is 18.0 Å². The molecule has 3 heterocycles. The van der Waals surface area contributed by atoms with Gasteiger partial charge in [-0.15, -0.1) is 0 Å². The lowest BCUT2D eigenvalue weighted by atomic mass is 9.98. The van der Waals surface area contributed by atoms with Gasteiger partial charge in [0.15, 0.2) is 0 Å². The molecule has 6 heteroatoms. The van der Waals surface area contributed by atoms with Crippen LogP contribution in [-0.2, 0) is 4.79 Å². The van der Waals surface area contributed by atoms with E-state index < -0.39 is 0 Å². The lowest BCUT2D eigenvalue weighted by Crippen LogP contribution is -2.45. The summed E-state index contributed by atoms with van der Waals surface area (Å²) >= 11 is 1.57. The second-order valence-corrected chi connectivity index (χ2v) is 6.22. The van der Waals surface area contributed by atoms with E-state index >= 15 is 0 Å². The molecule has 0 radical (unpaired) electrons. The predicted octanol–water partition coefficient (Wildman–Crippen LogP) is 2.34. The Balaban J connectivity index is 1.94. The molecular weight excluding hydrogens is 286 g/mol. The molecule has 21 heavy (non-hydrogen) atoms. The van der Waals surface area contributed by atoms with Crippen LogP contribution in [0.25, 0.3) is 0 Å². The van der Waals surface area contributed by atoms with Crippen molar-refractivity contribution in [2.45, 2.75) is 25.8 Å². The zero-order valence-corrected chi connectivity index (χ0v) is 13.1. The molecule has 3 rings (SSSR count). The Morgan fingerprint density at radius 2 is 2.24 bits per heavy atom. The van der Waals surface area contributed by atoms with Gasteiger partial charge in [-0.3, -0.25) is 9.69 Å². The molecule has 1 atom stereocenters. The first-order valence-electron chi connectivity index (χ1n) is 7.22. The van der Waals surface area contributed by atoms with Gasteiger partial charge < -0.3 is 10.2 Å². The van der Waals surface area contributed by atoms with Crippen molar-refractivity contribution in [1.29, 1.82) is 0 Å². The largest absolute Gasteiger partial charge is 0.333 e. The van der Waals surface area contributed by atoms with Crippen LogP contribution >= 0.6 is 11.3 Å². The van der Waals surface area contributed by atoms with Crippen molar-refractivity contribution in [3.8, 4) is 0 Å². The third kappa shape index (κ3) is 2.33. The summed E-state index contributed by atoms with van der Waals surface area (Å²) in [6, 6.07) is 1.51. The number of thiophene rings is 1. The van der Waals surface area contributed by atoms with Crippen LogP contribution in [0.4, 0.5) is 4.79 Å². The van der Waals surface area contributed by atoms with Crippen molar-refractivity contribution in [3.63, 3.8) is 0 Å². The van der Waals surface area contributed by atoms with Crippen LogP contribution in [0.3, 0.4) is 0 Å². The van der Waals surface area contributed by atoms with Crippen molar-refractivity contribution in [2.24, 2.45) is 0 Å². The molecule has 3 amide bonds. The molecule has 1 aromatic rings. The quantitative estimate of drug-likeness (QED) is 0.928. The van der Waals surface area contributed by atoms with Crippen molar-refractivity contribution in [1.82, 2.24) is 15.1 Å². The van der Waals surface area contributed by atoms with Gasteiger partial charge in [0.05, 0.1) is 23.9 Å². The Morgan fingerprint density at radius 1 is 1.43 bits per heavy atom. The average molecular weight is 305 g/mol. The molecule has 0 unspecified atom stereocenters. The Labute approximate surface area is 128 Å². The minimum absolute atomic E-state index is 0.0569. The Morgan fingerprint density at radius 3 is 2.90 bits per heavy atom. The average Bonchev–Trinajstić information content (AvgIpc) is 3.10. The van der Waals surface area contributed by atoms with Crippen LogP contribution in [0.15, 0.2) is 28.1 Å². The van der Waals surface area contributed by atoms with Crippen molar-refractivity contribution in [2.75, 3.05) is 20.1 Å². The number of hydrogen-bond acceptors (Lipinski definition) is 3. The van der Waals surface area contributed by atoms with Gasteiger partial charge in [0.2, 0.25) is 0 Å². The van der Waals surface area contributed by atoms with E-state index in [1.54, 1.807) is 23.3 Å². The predicted molar refractivity (Wildman–Crippen MR) is 81.9 cm³/mol. The van der Waals surface area contributed by atoms with Crippen molar-refractivity contribution >= 4 is 23.3 Å². The summed E-state index contributed by atoms with van der Waals surface area (Å²) in [7, 11) is 1.73. The molecule has 1 aromatic heterocycles. The van der Waals surface area contributed by atoms with Crippen LogP contribution in [0.5, 0.6) is 0 Å². The number of carbonyl (C=O) groups excluding carboxylic acids is 2. The summed E-state index contributed by atoms with van der Waals surface area (Å²) in [6.07, 6.45) is 2.04. The highest BCUT2D eigenvalue weighted by Gasteiger charge is 2.42.